The van der Waals surface area contributed by atoms with E-state index in [1.54, 1.807) is 13.1 Å². The van der Waals surface area contributed by atoms with Crippen LogP contribution in [0, 0.1) is 0 Å². The van der Waals surface area contributed by atoms with Crippen LogP contribution < -0.4 is 0 Å². The molecule has 1 aromatic heterocycles. The highest BCUT2D eigenvalue weighted by molar-refractivity contribution is 9.10. The lowest BCUT2D eigenvalue weighted by Gasteiger charge is -2.05. The van der Waals surface area contributed by atoms with E-state index >= 15 is 0 Å². The van der Waals surface area contributed by atoms with Crippen LogP contribution in [0.4, 0.5) is 0 Å². The third kappa shape index (κ3) is 2.07. The van der Waals surface area contributed by atoms with Crippen molar-refractivity contribution < 1.29 is 9.53 Å². The summed E-state index contributed by atoms with van der Waals surface area (Å²) < 4.78 is 5.87. The van der Waals surface area contributed by atoms with E-state index < -0.39 is 0 Å². The highest BCUT2D eigenvalue weighted by Crippen LogP contribution is 2.22. The number of aromatic nitrogens is 1. The van der Waals surface area contributed by atoms with Crippen molar-refractivity contribution in [1.29, 1.82) is 0 Å². The number of benzene rings is 1. The minimum atomic E-state index is -0.383. The van der Waals surface area contributed by atoms with E-state index in [1.165, 1.54) is 0 Å². The molecule has 0 atom stereocenters. The van der Waals surface area contributed by atoms with Gasteiger partial charge < -0.3 is 4.74 Å². The van der Waals surface area contributed by atoms with Gasteiger partial charge in [-0.05, 0) is 30.5 Å². The average molecular weight is 280 g/mol. The van der Waals surface area contributed by atoms with Crippen LogP contribution >= 0.6 is 15.9 Å². The summed E-state index contributed by atoms with van der Waals surface area (Å²) in [6.45, 7) is 2.13. The van der Waals surface area contributed by atoms with Gasteiger partial charge in [0.05, 0.1) is 6.61 Å². The topological polar surface area (TPSA) is 39.2 Å². The first-order valence-electron chi connectivity index (χ1n) is 4.93. The Balaban J connectivity index is 2.60. The minimum absolute atomic E-state index is 0.352. The molecule has 16 heavy (non-hydrogen) atoms. The second-order valence-electron chi connectivity index (χ2n) is 3.25. The molecule has 1 aromatic carbocycles. The number of fused-ring (bicyclic) bond motifs is 1. The quantitative estimate of drug-likeness (QED) is 0.793. The van der Waals surface area contributed by atoms with Crippen LogP contribution in [0.25, 0.3) is 10.8 Å². The summed E-state index contributed by atoms with van der Waals surface area (Å²) in [7, 11) is 0. The fourth-order valence-corrected chi connectivity index (χ4v) is 1.86. The molecular formula is C12H10BrNO2. The van der Waals surface area contributed by atoms with E-state index in [0.717, 1.165) is 15.2 Å². The molecule has 82 valence electrons. The predicted molar refractivity (Wildman–Crippen MR) is 65.4 cm³/mol. The molecule has 0 radical (unpaired) electrons. The van der Waals surface area contributed by atoms with Crippen molar-refractivity contribution >= 4 is 32.7 Å². The maximum absolute atomic E-state index is 11.7. The Hall–Kier alpha value is -1.42. The number of ether oxygens (including phenoxy) is 1. The molecular weight excluding hydrogens is 270 g/mol. The average Bonchev–Trinajstić information content (AvgIpc) is 2.28. The number of nitrogens with zero attached hydrogens (tertiary/aromatic N) is 1. The van der Waals surface area contributed by atoms with Crippen molar-refractivity contribution in [3.63, 3.8) is 0 Å². The van der Waals surface area contributed by atoms with Crippen molar-refractivity contribution in [1.82, 2.24) is 4.98 Å². The first-order chi connectivity index (χ1) is 7.72. The van der Waals surface area contributed by atoms with Gasteiger partial charge >= 0.3 is 5.97 Å². The molecule has 0 fully saturated rings. The predicted octanol–water partition coefficient (Wildman–Crippen LogP) is 3.17. The minimum Gasteiger partial charge on any atom is -0.461 e. The summed E-state index contributed by atoms with van der Waals surface area (Å²) in [6.07, 6.45) is 1.61. The number of pyridine rings is 1. The standard InChI is InChI=1S/C12H10BrNO2/c1-2-16-12(15)11-10-7-9(13)4-3-8(10)5-6-14-11/h3-7H,2H2,1H3. The lowest BCUT2D eigenvalue weighted by molar-refractivity contribution is 0.0522. The van der Waals surface area contributed by atoms with Gasteiger partial charge in [0.2, 0.25) is 0 Å². The molecule has 2 rings (SSSR count). The molecule has 1 heterocycles. The van der Waals surface area contributed by atoms with Crippen LogP contribution in [-0.4, -0.2) is 17.6 Å². The molecule has 0 amide bonds. The summed E-state index contributed by atoms with van der Waals surface area (Å²) in [4.78, 5) is 15.7. The Morgan fingerprint density at radius 3 is 3.00 bits per heavy atom. The van der Waals surface area contributed by atoms with Gasteiger partial charge in [-0.2, -0.15) is 0 Å². The molecule has 0 spiro atoms. The van der Waals surface area contributed by atoms with E-state index in [9.17, 15) is 4.79 Å². The Morgan fingerprint density at radius 2 is 2.25 bits per heavy atom. The van der Waals surface area contributed by atoms with E-state index in [4.69, 9.17) is 4.74 Å². The zero-order valence-corrected chi connectivity index (χ0v) is 10.3. The first kappa shape index (κ1) is 11.1. The molecule has 0 N–H and O–H groups in total. The van der Waals surface area contributed by atoms with Gasteiger partial charge in [-0.25, -0.2) is 9.78 Å². The summed E-state index contributed by atoms with van der Waals surface area (Å²) in [6, 6.07) is 7.60. The largest absolute Gasteiger partial charge is 0.461 e. The molecule has 4 heteroatoms. The van der Waals surface area contributed by atoms with Gasteiger partial charge in [0.15, 0.2) is 5.69 Å². The summed E-state index contributed by atoms with van der Waals surface area (Å²) in [5.41, 5.74) is 0.362. The van der Waals surface area contributed by atoms with E-state index in [1.807, 2.05) is 24.3 Å². The SMILES string of the molecule is CCOC(=O)c1nccc2ccc(Br)cc12. The molecule has 0 saturated carbocycles. The fraction of sp³-hybridized carbons (Fsp3) is 0.167. The number of carbonyl (C=O) groups excluding carboxylic acids is 1. The molecule has 2 aromatic rings. The molecule has 0 aliphatic heterocycles. The first-order valence-corrected chi connectivity index (χ1v) is 5.73. The van der Waals surface area contributed by atoms with Crippen molar-refractivity contribution in [2.24, 2.45) is 0 Å². The number of rotatable bonds is 2. The van der Waals surface area contributed by atoms with E-state index in [-0.39, 0.29) is 5.97 Å². The van der Waals surface area contributed by atoms with Gasteiger partial charge in [-0.15, -0.1) is 0 Å². The fourth-order valence-electron chi connectivity index (χ4n) is 1.50. The Kier molecular flexibility index (Phi) is 3.19. The molecule has 0 bridgehead atoms. The highest BCUT2D eigenvalue weighted by atomic mass is 79.9. The number of esters is 1. The van der Waals surface area contributed by atoms with Crippen molar-refractivity contribution in [2.45, 2.75) is 6.92 Å². The van der Waals surface area contributed by atoms with Crippen LogP contribution in [0.2, 0.25) is 0 Å². The van der Waals surface area contributed by atoms with Crippen LogP contribution in [0.5, 0.6) is 0 Å². The second kappa shape index (κ2) is 4.61. The van der Waals surface area contributed by atoms with Crippen molar-refractivity contribution in [2.75, 3.05) is 6.61 Å². The monoisotopic (exact) mass is 279 g/mol. The molecule has 0 saturated heterocycles. The van der Waals surface area contributed by atoms with Crippen molar-refractivity contribution in [3.05, 3.63) is 40.6 Å². The van der Waals surface area contributed by atoms with Gasteiger partial charge in [0.1, 0.15) is 0 Å². The van der Waals surface area contributed by atoms with Crippen LogP contribution in [0.3, 0.4) is 0 Å². The van der Waals surface area contributed by atoms with Crippen LogP contribution in [-0.2, 0) is 4.74 Å². The maximum Gasteiger partial charge on any atom is 0.357 e. The number of carbonyl (C=O) groups is 1. The highest BCUT2D eigenvalue weighted by Gasteiger charge is 2.12. The number of halogens is 1. The van der Waals surface area contributed by atoms with Gasteiger partial charge in [0, 0.05) is 16.1 Å². The number of hydrogen-bond donors (Lipinski definition) is 0. The maximum atomic E-state index is 11.7. The van der Waals surface area contributed by atoms with E-state index in [2.05, 4.69) is 20.9 Å². The molecule has 0 aliphatic carbocycles. The van der Waals surface area contributed by atoms with Gasteiger partial charge in [0.25, 0.3) is 0 Å². The summed E-state index contributed by atoms with van der Waals surface area (Å²) in [5, 5.41) is 1.77. The Morgan fingerprint density at radius 1 is 1.44 bits per heavy atom. The second-order valence-corrected chi connectivity index (χ2v) is 4.16. The van der Waals surface area contributed by atoms with Crippen LogP contribution in [0.15, 0.2) is 34.9 Å². The number of hydrogen-bond acceptors (Lipinski definition) is 3. The summed E-state index contributed by atoms with van der Waals surface area (Å²) in [5.74, 6) is -0.383. The van der Waals surface area contributed by atoms with Crippen molar-refractivity contribution in [3.8, 4) is 0 Å². The molecule has 3 nitrogen and oxygen atoms in total. The smallest absolute Gasteiger partial charge is 0.357 e. The Bertz CT molecular complexity index is 540. The third-order valence-electron chi connectivity index (χ3n) is 2.20. The summed E-state index contributed by atoms with van der Waals surface area (Å²) >= 11 is 3.37. The zero-order chi connectivity index (χ0) is 11.5. The van der Waals surface area contributed by atoms with E-state index in [0.29, 0.717) is 12.3 Å². The molecule has 0 aliphatic rings. The normalized spacial score (nSPS) is 10.4. The molecule has 0 unspecified atom stereocenters. The van der Waals surface area contributed by atoms with Gasteiger partial charge in [-0.3, -0.25) is 0 Å². The lowest BCUT2D eigenvalue weighted by atomic mass is 10.1. The lowest BCUT2D eigenvalue weighted by Crippen LogP contribution is -2.07. The van der Waals surface area contributed by atoms with Gasteiger partial charge in [-0.1, -0.05) is 22.0 Å². The zero-order valence-electron chi connectivity index (χ0n) is 8.74. The Labute approximate surface area is 102 Å². The third-order valence-corrected chi connectivity index (χ3v) is 2.69. The van der Waals surface area contributed by atoms with Crippen LogP contribution in [0.1, 0.15) is 17.4 Å².